The van der Waals surface area contributed by atoms with Crippen molar-refractivity contribution in [1.29, 1.82) is 0 Å². The fourth-order valence-electron chi connectivity index (χ4n) is 0.494. The highest BCUT2D eigenvalue weighted by molar-refractivity contribution is 6.67. The molecular formula is C8H11ClN2O. The van der Waals surface area contributed by atoms with Gasteiger partial charge in [-0.25, -0.2) is 4.98 Å². The zero-order valence-corrected chi connectivity index (χ0v) is 8.09. The first kappa shape index (κ1) is 11.0. The molecule has 0 aromatic carbocycles. The van der Waals surface area contributed by atoms with Crippen LogP contribution in [-0.2, 0) is 0 Å². The number of carbonyl (C=O) groups is 1. The van der Waals surface area contributed by atoms with E-state index in [4.69, 9.17) is 11.6 Å². The Balaban J connectivity index is 0.000000561. The predicted octanol–water partition coefficient (Wildman–Crippen LogP) is 2.19. The molecular weight excluding hydrogens is 176 g/mol. The van der Waals surface area contributed by atoms with Crippen LogP contribution in [0.4, 0.5) is 0 Å². The fraction of sp³-hybridized carbons (Fsp3) is 0.375. The molecule has 0 aliphatic heterocycles. The molecule has 1 rings (SSSR count). The van der Waals surface area contributed by atoms with Crippen LogP contribution >= 0.6 is 11.6 Å². The minimum atomic E-state index is -0.576. The first-order valence-corrected chi connectivity index (χ1v) is 4.06. The lowest BCUT2D eigenvalue weighted by atomic mass is 10.4. The fourth-order valence-corrected chi connectivity index (χ4v) is 0.592. The van der Waals surface area contributed by atoms with Gasteiger partial charge in [0.2, 0.25) is 0 Å². The van der Waals surface area contributed by atoms with Crippen molar-refractivity contribution in [1.82, 2.24) is 9.97 Å². The zero-order valence-electron chi connectivity index (χ0n) is 7.34. The van der Waals surface area contributed by atoms with Crippen molar-refractivity contribution >= 4 is 16.8 Å². The van der Waals surface area contributed by atoms with E-state index in [1.165, 1.54) is 12.4 Å². The number of rotatable bonds is 1. The van der Waals surface area contributed by atoms with Gasteiger partial charge in [-0.15, -0.1) is 0 Å². The van der Waals surface area contributed by atoms with Gasteiger partial charge in [0.15, 0.2) is 0 Å². The number of hydrogen-bond donors (Lipinski definition) is 0. The molecule has 3 nitrogen and oxygen atoms in total. The molecule has 0 aliphatic rings. The van der Waals surface area contributed by atoms with Gasteiger partial charge in [-0.05, 0) is 18.5 Å². The Morgan fingerprint density at radius 3 is 2.25 bits per heavy atom. The summed E-state index contributed by atoms with van der Waals surface area (Å²) in [6.45, 7) is 5.79. The van der Waals surface area contributed by atoms with Crippen molar-refractivity contribution in [3.05, 3.63) is 23.8 Å². The maximum Gasteiger partial charge on any atom is 0.272 e. The first-order chi connectivity index (χ1) is 5.70. The second-order valence-electron chi connectivity index (χ2n) is 1.82. The molecule has 4 heteroatoms. The molecule has 1 heterocycles. The molecule has 0 spiro atoms. The van der Waals surface area contributed by atoms with E-state index in [-0.39, 0.29) is 5.69 Å². The third-order valence-electron chi connectivity index (χ3n) is 0.982. The Morgan fingerprint density at radius 1 is 1.33 bits per heavy atom. The molecule has 0 N–H and O–H groups in total. The van der Waals surface area contributed by atoms with Crippen molar-refractivity contribution in [2.75, 3.05) is 0 Å². The van der Waals surface area contributed by atoms with E-state index in [2.05, 4.69) is 9.97 Å². The summed E-state index contributed by atoms with van der Waals surface area (Å²) in [6.07, 6.45) is 2.85. The number of carbonyl (C=O) groups excluding carboxylic acids is 1. The summed E-state index contributed by atoms with van der Waals surface area (Å²) in [5.41, 5.74) is 0.953. The normalized spacial score (nSPS) is 8.33. The van der Waals surface area contributed by atoms with Gasteiger partial charge < -0.3 is 0 Å². The van der Waals surface area contributed by atoms with Crippen molar-refractivity contribution in [3.8, 4) is 0 Å². The highest BCUT2D eigenvalue weighted by atomic mass is 35.5. The topological polar surface area (TPSA) is 42.9 Å². The summed E-state index contributed by atoms with van der Waals surface area (Å²) in [7, 11) is 0. The molecule has 0 amide bonds. The van der Waals surface area contributed by atoms with Gasteiger partial charge in [0.25, 0.3) is 5.24 Å². The SMILES string of the molecule is CC.Cc1cnc(C(=O)Cl)cn1. The summed E-state index contributed by atoms with van der Waals surface area (Å²) in [6, 6.07) is 0. The van der Waals surface area contributed by atoms with Crippen LogP contribution in [0.15, 0.2) is 12.4 Å². The molecule has 1 aromatic rings. The summed E-state index contributed by atoms with van der Waals surface area (Å²) in [5, 5.41) is -0.576. The summed E-state index contributed by atoms with van der Waals surface area (Å²) < 4.78 is 0. The monoisotopic (exact) mass is 186 g/mol. The number of aryl methyl sites for hydroxylation is 1. The molecule has 0 bridgehead atoms. The second-order valence-corrected chi connectivity index (χ2v) is 2.16. The van der Waals surface area contributed by atoms with Crippen LogP contribution in [0, 0.1) is 6.92 Å². The van der Waals surface area contributed by atoms with Crippen LogP contribution in [0.25, 0.3) is 0 Å². The molecule has 12 heavy (non-hydrogen) atoms. The van der Waals surface area contributed by atoms with Gasteiger partial charge in [0.05, 0.1) is 11.9 Å². The largest absolute Gasteiger partial charge is 0.274 e. The molecule has 0 saturated heterocycles. The molecule has 0 radical (unpaired) electrons. The van der Waals surface area contributed by atoms with Gasteiger partial charge >= 0.3 is 0 Å². The Labute approximate surface area is 76.8 Å². The lowest BCUT2D eigenvalue weighted by Crippen LogP contribution is -1.95. The van der Waals surface area contributed by atoms with Crippen LogP contribution in [-0.4, -0.2) is 15.2 Å². The van der Waals surface area contributed by atoms with Gasteiger partial charge in [0.1, 0.15) is 5.69 Å². The van der Waals surface area contributed by atoms with Crippen molar-refractivity contribution < 1.29 is 4.79 Å². The Bertz CT molecular complexity index is 246. The Hall–Kier alpha value is -0.960. The van der Waals surface area contributed by atoms with E-state index < -0.39 is 5.24 Å². The van der Waals surface area contributed by atoms with Crippen LogP contribution in [0.5, 0.6) is 0 Å². The van der Waals surface area contributed by atoms with Gasteiger partial charge in [0, 0.05) is 6.20 Å². The van der Waals surface area contributed by atoms with E-state index in [1.807, 2.05) is 13.8 Å². The minimum absolute atomic E-state index is 0.187. The highest BCUT2D eigenvalue weighted by Crippen LogP contribution is 1.97. The average molecular weight is 187 g/mol. The van der Waals surface area contributed by atoms with Crippen LogP contribution in [0.2, 0.25) is 0 Å². The molecule has 0 atom stereocenters. The smallest absolute Gasteiger partial charge is 0.272 e. The molecule has 0 fully saturated rings. The summed E-state index contributed by atoms with van der Waals surface area (Å²) in [5.74, 6) is 0. The van der Waals surface area contributed by atoms with Crippen molar-refractivity contribution in [2.24, 2.45) is 0 Å². The quantitative estimate of drug-likeness (QED) is 0.632. The molecule has 1 aromatic heterocycles. The highest BCUT2D eigenvalue weighted by Gasteiger charge is 2.01. The average Bonchev–Trinajstić information content (AvgIpc) is 2.09. The van der Waals surface area contributed by atoms with Gasteiger partial charge in [-0.2, -0.15) is 0 Å². The Kier molecular flexibility index (Phi) is 5.21. The van der Waals surface area contributed by atoms with E-state index in [0.717, 1.165) is 5.69 Å². The number of halogens is 1. The third-order valence-corrected chi connectivity index (χ3v) is 1.18. The lowest BCUT2D eigenvalue weighted by molar-refractivity contribution is 0.107. The maximum absolute atomic E-state index is 10.4. The maximum atomic E-state index is 10.4. The lowest BCUT2D eigenvalue weighted by Gasteiger charge is -1.90. The predicted molar refractivity (Wildman–Crippen MR) is 48.3 cm³/mol. The molecule has 0 aliphatic carbocycles. The summed E-state index contributed by atoms with van der Waals surface area (Å²) >= 11 is 5.11. The van der Waals surface area contributed by atoms with Gasteiger partial charge in [-0.3, -0.25) is 9.78 Å². The van der Waals surface area contributed by atoms with Crippen LogP contribution in [0.1, 0.15) is 30.0 Å². The van der Waals surface area contributed by atoms with Crippen molar-refractivity contribution in [3.63, 3.8) is 0 Å². The van der Waals surface area contributed by atoms with Crippen LogP contribution in [0.3, 0.4) is 0 Å². The second kappa shape index (κ2) is 5.66. The summed E-state index contributed by atoms with van der Waals surface area (Å²) in [4.78, 5) is 18.0. The van der Waals surface area contributed by atoms with E-state index in [0.29, 0.717) is 0 Å². The molecule has 0 unspecified atom stereocenters. The first-order valence-electron chi connectivity index (χ1n) is 3.68. The standard InChI is InChI=1S/C6H5ClN2O.C2H6/c1-4-2-9-5(3-8-4)6(7)10;1-2/h2-3H,1H3;1-2H3. The number of aromatic nitrogens is 2. The molecule has 66 valence electrons. The van der Waals surface area contributed by atoms with E-state index >= 15 is 0 Å². The third kappa shape index (κ3) is 3.44. The number of nitrogens with zero attached hydrogens (tertiary/aromatic N) is 2. The van der Waals surface area contributed by atoms with E-state index in [1.54, 1.807) is 6.92 Å². The van der Waals surface area contributed by atoms with Gasteiger partial charge in [-0.1, -0.05) is 13.8 Å². The van der Waals surface area contributed by atoms with Crippen molar-refractivity contribution in [2.45, 2.75) is 20.8 Å². The molecule has 0 saturated carbocycles. The Morgan fingerprint density at radius 2 is 1.92 bits per heavy atom. The van der Waals surface area contributed by atoms with Crippen LogP contribution < -0.4 is 0 Å². The number of hydrogen-bond acceptors (Lipinski definition) is 3. The minimum Gasteiger partial charge on any atom is -0.274 e. The van der Waals surface area contributed by atoms with E-state index in [9.17, 15) is 4.79 Å². The zero-order chi connectivity index (χ0) is 9.56.